The van der Waals surface area contributed by atoms with Crippen molar-refractivity contribution < 1.29 is 39.9 Å². The van der Waals surface area contributed by atoms with Crippen LogP contribution in [0, 0.1) is 11.6 Å². The van der Waals surface area contributed by atoms with Gasteiger partial charge in [-0.1, -0.05) is 12.1 Å². The van der Waals surface area contributed by atoms with E-state index < -0.39 is 50.0 Å². The minimum absolute atomic E-state index is 0.158. The number of hydrogen-bond donors (Lipinski definition) is 1. The number of rotatable bonds is 6. The lowest BCUT2D eigenvalue weighted by molar-refractivity contribution is -0.143. The summed E-state index contributed by atoms with van der Waals surface area (Å²) in [5.74, 6) is -4.23. The Morgan fingerprint density at radius 3 is 2.50 bits per heavy atom. The van der Waals surface area contributed by atoms with E-state index in [9.17, 15) is 35.2 Å². The first-order valence-corrected chi connectivity index (χ1v) is 10.3. The predicted molar refractivity (Wildman–Crippen MR) is 102 cm³/mol. The van der Waals surface area contributed by atoms with Crippen LogP contribution in [0.25, 0.3) is 5.69 Å². The Labute approximate surface area is 178 Å². The number of hydrogen-bond acceptors (Lipinski definition) is 5. The maximum atomic E-state index is 13.9. The number of sulfonamides is 1. The van der Waals surface area contributed by atoms with Crippen molar-refractivity contribution in [1.82, 2.24) is 9.78 Å². The van der Waals surface area contributed by atoms with E-state index in [0.717, 1.165) is 24.3 Å². The summed E-state index contributed by atoms with van der Waals surface area (Å²) < 4.78 is 100. The van der Waals surface area contributed by atoms with Gasteiger partial charge in [0.15, 0.2) is 17.3 Å². The lowest BCUT2D eigenvalue weighted by Crippen LogP contribution is -2.19. The van der Waals surface area contributed by atoms with Crippen LogP contribution >= 0.6 is 0 Å². The maximum Gasteiger partial charge on any atom is 0.434 e. The summed E-state index contributed by atoms with van der Waals surface area (Å²) in [6.07, 6.45) is -4.32. The molecular weight excluding hydrogens is 461 g/mol. The second kappa shape index (κ2) is 8.57. The fourth-order valence-electron chi connectivity index (χ4n) is 2.78. The number of ether oxygens (including phenoxy) is 1. The fourth-order valence-corrected chi connectivity index (χ4v) is 3.92. The van der Waals surface area contributed by atoms with Crippen LogP contribution in [0.15, 0.2) is 53.6 Å². The number of esters is 1. The first-order chi connectivity index (χ1) is 15.0. The number of carbonyl (C=O) groups is 1. The van der Waals surface area contributed by atoms with Gasteiger partial charge in [-0.3, -0.25) is 4.72 Å². The molecule has 3 rings (SSSR count). The zero-order chi connectivity index (χ0) is 23.7. The Kier molecular flexibility index (Phi) is 6.21. The summed E-state index contributed by atoms with van der Waals surface area (Å²) in [6, 6.07) is 7.09. The van der Waals surface area contributed by atoms with Crippen molar-refractivity contribution in [1.29, 1.82) is 0 Å². The topological polar surface area (TPSA) is 90.3 Å². The molecule has 0 fully saturated rings. The van der Waals surface area contributed by atoms with E-state index in [0.29, 0.717) is 10.9 Å². The lowest BCUT2D eigenvalue weighted by atomic mass is 10.2. The Morgan fingerprint density at radius 2 is 1.84 bits per heavy atom. The zero-order valence-electron chi connectivity index (χ0n) is 16.2. The summed E-state index contributed by atoms with van der Waals surface area (Å²) in [6.45, 7) is 1.27. The van der Waals surface area contributed by atoms with Crippen LogP contribution in [0.2, 0.25) is 0 Å². The molecule has 7 nitrogen and oxygen atoms in total. The average Bonchev–Trinajstić information content (AvgIpc) is 3.16. The molecule has 170 valence electrons. The minimum atomic E-state index is -5.00. The van der Waals surface area contributed by atoms with Crippen LogP contribution in [0.4, 0.5) is 27.6 Å². The second-order valence-electron chi connectivity index (χ2n) is 6.24. The third-order valence-corrected chi connectivity index (χ3v) is 5.48. The maximum absolute atomic E-state index is 13.9. The van der Waals surface area contributed by atoms with Gasteiger partial charge in [0, 0.05) is 0 Å². The van der Waals surface area contributed by atoms with E-state index in [-0.39, 0.29) is 18.0 Å². The molecule has 0 amide bonds. The number of aromatic nitrogens is 2. The van der Waals surface area contributed by atoms with Gasteiger partial charge in [0.2, 0.25) is 0 Å². The number of nitrogens with zero attached hydrogens (tertiary/aromatic N) is 2. The summed E-state index contributed by atoms with van der Waals surface area (Å²) in [5.41, 5.74) is -2.76. The quantitative estimate of drug-likeness (QED) is 0.428. The molecule has 0 saturated heterocycles. The Balaban J connectivity index is 2.03. The van der Waals surface area contributed by atoms with E-state index in [4.69, 9.17) is 0 Å². The first kappa shape index (κ1) is 23.2. The molecule has 0 saturated carbocycles. The molecule has 0 radical (unpaired) electrons. The Morgan fingerprint density at radius 1 is 1.16 bits per heavy atom. The largest absolute Gasteiger partial charge is 0.462 e. The first-order valence-electron chi connectivity index (χ1n) is 8.85. The average molecular weight is 475 g/mol. The molecule has 2 aromatic carbocycles. The summed E-state index contributed by atoms with van der Waals surface area (Å²) >= 11 is 0. The van der Waals surface area contributed by atoms with Gasteiger partial charge in [0.05, 0.1) is 24.2 Å². The van der Waals surface area contributed by atoms with Gasteiger partial charge in [-0.25, -0.2) is 26.7 Å². The highest BCUT2D eigenvalue weighted by atomic mass is 32.2. The van der Waals surface area contributed by atoms with Gasteiger partial charge in [0.1, 0.15) is 10.5 Å². The van der Waals surface area contributed by atoms with E-state index in [1.165, 1.54) is 25.1 Å². The van der Waals surface area contributed by atoms with Crippen molar-refractivity contribution in [2.24, 2.45) is 0 Å². The molecule has 32 heavy (non-hydrogen) atoms. The van der Waals surface area contributed by atoms with Gasteiger partial charge < -0.3 is 4.74 Å². The minimum Gasteiger partial charge on any atom is -0.462 e. The second-order valence-corrected chi connectivity index (χ2v) is 7.90. The van der Waals surface area contributed by atoms with E-state index in [1.807, 2.05) is 4.72 Å². The molecule has 0 bridgehead atoms. The molecule has 3 aromatic rings. The van der Waals surface area contributed by atoms with E-state index in [2.05, 4.69) is 9.84 Å². The normalized spacial score (nSPS) is 11.9. The van der Waals surface area contributed by atoms with Crippen LogP contribution in [0.3, 0.4) is 0 Å². The lowest BCUT2D eigenvalue weighted by Gasteiger charge is -2.14. The fraction of sp³-hybridized carbons (Fsp3) is 0.158. The Bertz CT molecular complexity index is 1270. The van der Waals surface area contributed by atoms with Gasteiger partial charge in [-0.05, 0) is 37.3 Å². The van der Waals surface area contributed by atoms with E-state index in [1.54, 1.807) is 0 Å². The molecule has 1 heterocycles. The number of benzene rings is 2. The molecule has 13 heteroatoms. The van der Waals surface area contributed by atoms with Crippen LogP contribution in [0.5, 0.6) is 0 Å². The van der Waals surface area contributed by atoms with Crippen molar-refractivity contribution in [3.8, 4) is 5.69 Å². The van der Waals surface area contributed by atoms with Crippen molar-refractivity contribution in [2.45, 2.75) is 18.0 Å². The highest BCUT2D eigenvalue weighted by Crippen LogP contribution is 2.34. The molecule has 0 aliphatic heterocycles. The molecule has 1 aromatic heterocycles. The van der Waals surface area contributed by atoms with Gasteiger partial charge in [-0.15, -0.1) is 0 Å². The number of nitrogens with one attached hydrogen (secondary N) is 1. The smallest absolute Gasteiger partial charge is 0.434 e. The number of alkyl halides is 3. The zero-order valence-corrected chi connectivity index (χ0v) is 17.0. The summed E-state index contributed by atoms with van der Waals surface area (Å²) in [4.78, 5) is 10.9. The molecule has 0 aliphatic rings. The monoisotopic (exact) mass is 475 g/mol. The van der Waals surface area contributed by atoms with Crippen LogP contribution in [0.1, 0.15) is 23.0 Å². The van der Waals surface area contributed by atoms with Crippen LogP contribution < -0.4 is 4.72 Å². The molecule has 0 aliphatic carbocycles. The van der Waals surface area contributed by atoms with E-state index >= 15 is 0 Å². The number of anilines is 1. The SMILES string of the molecule is CCOC(=O)c1cnn(-c2cccc(NS(=O)(=O)c3cccc(F)c3F)c2)c1C(F)(F)F. The van der Waals surface area contributed by atoms with Crippen LogP contribution in [-0.2, 0) is 20.9 Å². The highest BCUT2D eigenvalue weighted by Gasteiger charge is 2.41. The summed E-state index contributed by atoms with van der Waals surface area (Å²) in [7, 11) is -4.61. The van der Waals surface area contributed by atoms with Gasteiger partial charge >= 0.3 is 12.1 Å². The van der Waals surface area contributed by atoms with Crippen molar-refractivity contribution >= 4 is 21.7 Å². The molecule has 0 atom stereocenters. The van der Waals surface area contributed by atoms with Crippen LogP contribution in [-0.4, -0.2) is 30.8 Å². The standard InChI is InChI=1S/C19H14F5N3O4S/c1-2-31-18(28)13-10-25-27(17(13)19(22,23)24)12-6-3-5-11(9-12)26-32(29,30)15-8-4-7-14(20)16(15)21/h3-10,26H,2H2,1H3. The van der Waals surface area contributed by atoms with Gasteiger partial charge in [-0.2, -0.15) is 18.3 Å². The third-order valence-electron chi connectivity index (χ3n) is 4.08. The van der Waals surface area contributed by atoms with Gasteiger partial charge in [0.25, 0.3) is 10.0 Å². The molecular formula is C19H14F5N3O4S. The highest BCUT2D eigenvalue weighted by molar-refractivity contribution is 7.92. The molecule has 0 unspecified atom stereocenters. The van der Waals surface area contributed by atoms with Crippen molar-refractivity contribution in [2.75, 3.05) is 11.3 Å². The molecule has 1 N–H and O–H groups in total. The predicted octanol–water partition coefficient (Wildman–Crippen LogP) is 4.15. The Hall–Kier alpha value is -3.48. The number of halogens is 5. The summed E-state index contributed by atoms with van der Waals surface area (Å²) in [5, 5.41) is 3.59. The molecule has 0 spiro atoms. The third kappa shape index (κ3) is 4.56. The number of carbonyl (C=O) groups excluding carboxylic acids is 1. The van der Waals surface area contributed by atoms with Crippen molar-refractivity contribution in [3.05, 3.63) is 71.6 Å². The van der Waals surface area contributed by atoms with Crippen molar-refractivity contribution in [3.63, 3.8) is 0 Å².